The topological polar surface area (TPSA) is 20.2 Å². The third-order valence-electron chi connectivity index (χ3n) is 3.31. The SMILES string of the molecule is Cc1cccc(C)c1CC(O)c1cc(Br)cc(Br)c1. The van der Waals surface area contributed by atoms with Crippen LogP contribution in [0.15, 0.2) is 45.3 Å². The van der Waals surface area contributed by atoms with Crippen molar-refractivity contribution in [2.45, 2.75) is 26.4 Å². The Hall–Kier alpha value is -0.640. The van der Waals surface area contributed by atoms with Crippen LogP contribution < -0.4 is 0 Å². The summed E-state index contributed by atoms with van der Waals surface area (Å²) in [5.74, 6) is 0. The Labute approximate surface area is 130 Å². The molecule has 0 heterocycles. The van der Waals surface area contributed by atoms with E-state index in [4.69, 9.17) is 0 Å². The molecule has 2 aromatic rings. The van der Waals surface area contributed by atoms with Gasteiger partial charge in [0, 0.05) is 15.4 Å². The van der Waals surface area contributed by atoms with Gasteiger partial charge in [0.1, 0.15) is 0 Å². The molecular weight excluding hydrogens is 368 g/mol. The van der Waals surface area contributed by atoms with E-state index in [1.807, 2.05) is 18.2 Å². The van der Waals surface area contributed by atoms with Gasteiger partial charge < -0.3 is 5.11 Å². The first-order valence-corrected chi connectivity index (χ1v) is 7.75. The highest BCUT2D eigenvalue weighted by atomic mass is 79.9. The van der Waals surface area contributed by atoms with Crippen molar-refractivity contribution < 1.29 is 5.11 Å². The predicted molar refractivity (Wildman–Crippen MR) is 86.4 cm³/mol. The lowest BCUT2D eigenvalue weighted by molar-refractivity contribution is 0.178. The molecule has 0 aliphatic heterocycles. The maximum absolute atomic E-state index is 10.4. The predicted octanol–water partition coefficient (Wildman–Crippen LogP) is 5.10. The average molecular weight is 384 g/mol. The van der Waals surface area contributed by atoms with Gasteiger partial charge in [-0.15, -0.1) is 0 Å². The molecule has 1 nitrogen and oxygen atoms in total. The van der Waals surface area contributed by atoms with Crippen LogP contribution in [0, 0.1) is 13.8 Å². The summed E-state index contributed by atoms with van der Waals surface area (Å²) in [6.07, 6.45) is 0.148. The fraction of sp³-hybridized carbons (Fsp3) is 0.250. The molecule has 1 atom stereocenters. The Morgan fingerprint density at radius 1 is 1.00 bits per heavy atom. The normalized spacial score (nSPS) is 12.5. The van der Waals surface area contributed by atoms with E-state index < -0.39 is 6.10 Å². The second-order valence-electron chi connectivity index (χ2n) is 4.79. The first kappa shape index (κ1) is 14.8. The summed E-state index contributed by atoms with van der Waals surface area (Å²) < 4.78 is 1.94. The maximum atomic E-state index is 10.4. The van der Waals surface area contributed by atoms with Crippen molar-refractivity contribution >= 4 is 31.9 Å². The minimum atomic E-state index is -0.492. The summed E-state index contributed by atoms with van der Waals surface area (Å²) in [5.41, 5.74) is 4.61. The summed E-state index contributed by atoms with van der Waals surface area (Å²) in [7, 11) is 0. The number of benzene rings is 2. The zero-order chi connectivity index (χ0) is 14.0. The van der Waals surface area contributed by atoms with Crippen molar-refractivity contribution in [2.24, 2.45) is 0 Å². The van der Waals surface area contributed by atoms with Gasteiger partial charge in [0.25, 0.3) is 0 Å². The first-order valence-electron chi connectivity index (χ1n) is 6.16. The minimum Gasteiger partial charge on any atom is -0.388 e. The maximum Gasteiger partial charge on any atom is 0.0831 e. The molecule has 2 aromatic carbocycles. The van der Waals surface area contributed by atoms with E-state index in [1.54, 1.807) is 0 Å². The lowest BCUT2D eigenvalue weighted by Gasteiger charge is -2.16. The molecule has 0 aromatic heterocycles. The molecular formula is C16H16Br2O. The molecule has 0 spiro atoms. The van der Waals surface area contributed by atoms with Crippen LogP contribution in [0.5, 0.6) is 0 Å². The van der Waals surface area contributed by atoms with Gasteiger partial charge in [-0.25, -0.2) is 0 Å². The van der Waals surface area contributed by atoms with Crippen molar-refractivity contribution in [3.05, 3.63) is 67.6 Å². The second kappa shape index (κ2) is 6.21. The fourth-order valence-corrected chi connectivity index (χ4v) is 3.58. The molecule has 0 bridgehead atoms. The van der Waals surface area contributed by atoms with E-state index in [9.17, 15) is 5.11 Å². The van der Waals surface area contributed by atoms with Crippen molar-refractivity contribution in [3.63, 3.8) is 0 Å². The quantitative estimate of drug-likeness (QED) is 0.781. The van der Waals surface area contributed by atoms with Gasteiger partial charge in [-0.1, -0.05) is 50.1 Å². The Morgan fingerprint density at radius 3 is 2.05 bits per heavy atom. The van der Waals surface area contributed by atoms with Gasteiger partial charge in [0.15, 0.2) is 0 Å². The third-order valence-corrected chi connectivity index (χ3v) is 4.23. The highest BCUT2D eigenvalue weighted by Crippen LogP contribution is 2.27. The van der Waals surface area contributed by atoms with Gasteiger partial charge in [0.05, 0.1) is 6.10 Å². The molecule has 0 saturated heterocycles. The summed E-state index contributed by atoms with van der Waals surface area (Å²) in [5, 5.41) is 10.4. The molecule has 19 heavy (non-hydrogen) atoms. The van der Waals surface area contributed by atoms with Gasteiger partial charge in [0.2, 0.25) is 0 Å². The van der Waals surface area contributed by atoms with Gasteiger partial charge in [-0.3, -0.25) is 0 Å². The lowest BCUT2D eigenvalue weighted by atomic mass is 9.95. The molecule has 0 amide bonds. The van der Waals surface area contributed by atoms with Gasteiger partial charge in [-0.2, -0.15) is 0 Å². The van der Waals surface area contributed by atoms with Crippen LogP contribution in [-0.2, 0) is 6.42 Å². The number of halogens is 2. The van der Waals surface area contributed by atoms with E-state index >= 15 is 0 Å². The van der Waals surface area contributed by atoms with E-state index in [-0.39, 0.29) is 0 Å². The number of hydrogen-bond acceptors (Lipinski definition) is 1. The summed E-state index contributed by atoms with van der Waals surface area (Å²) >= 11 is 6.91. The largest absolute Gasteiger partial charge is 0.388 e. The van der Waals surface area contributed by atoms with Gasteiger partial charge in [-0.05, 0) is 54.3 Å². The standard InChI is InChI=1S/C16H16Br2O/c1-10-4-3-5-11(2)15(10)9-16(19)12-6-13(17)8-14(18)7-12/h3-8,16,19H,9H2,1-2H3. The molecule has 0 aliphatic carbocycles. The lowest BCUT2D eigenvalue weighted by Crippen LogP contribution is -2.05. The molecule has 0 aliphatic rings. The van der Waals surface area contributed by atoms with Crippen LogP contribution in [-0.4, -0.2) is 5.11 Å². The van der Waals surface area contributed by atoms with E-state index in [0.717, 1.165) is 14.5 Å². The molecule has 0 saturated carbocycles. The van der Waals surface area contributed by atoms with Crippen molar-refractivity contribution in [1.29, 1.82) is 0 Å². The van der Waals surface area contributed by atoms with Crippen molar-refractivity contribution in [1.82, 2.24) is 0 Å². The zero-order valence-corrected chi connectivity index (χ0v) is 14.1. The summed E-state index contributed by atoms with van der Waals surface area (Å²) in [4.78, 5) is 0. The summed E-state index contributed by atoms with van der Waals surface area (Å²) in [6.45, 7) is 4.18. The van der Waals surface area contributed by atoms with Crippen LogP contribution in [0.25, 0.3) is 0 Å². The minimum absolute atomic E-state index is 0.492. The molecule has 1 N–H and O–H groups in total. The molecule has 100 valence electrons. The zero-order valence-electron chi connectivity index (χ0n) is 11.0. The first-order chi connectivity index (χ1) is 8.97. The number of hydrogen-bond donors (Lipinski definition) is 1. The number of aliphatic hydroxyl groups is 1. The van der Waals surface area contributed by atoms with Crippen molar-refractivity contribution in [3.8, 4) is 0 Å². The Morgan fingerprint density at radius 2 is 1.53 bits per heavy atom. The van der Waals surface area contributed by atoms with Gasteiger partial charge >= 0.3 is 0 Å². The molecule has 3 heteroatoms. The smallest absolute Gasteiger partial charge is 0.0831 e. The van der Waals surface area contributed by atoms with Crippen LogP contribution in [0.2, 0.25) is 0 Å². The van der Waals surface area contributed by atoms with Crippen LogP contribution in [0.4, 0.5) is 0 Å². The molecule has 2 rings (SSSR count). The third kappa shape index (κ3) is 3.68. The highest BCUT2D eigenvalue weighted by molar-refractivity contribution is 9.11. The Balaban J connectivity index is 2.28. The Kier molecular flexibility index (Phi) is 4.82. The van der Waals surface area contributed by atoms with Crippen LogP contribution in [0.3, 0.4) is 0 Å². The number of aryl methyl sites for hydroxylation is 2. The van der Waals surface area contributed by atoms with E-state index in [0.29, 0.717) is 6.42 Å². The molecule has 1 unspecified atom stereocenters. The molecule has 0 fully saturated rings. The monoisotopic (exact) mass is 382 g/mol. The summed E-state index contributed by atoms with van der Waals surface area (Å²) in [6, 6.07) is 12.1. The number of rotatable bonds is 3. The molecule has 0 radical (unpaired) electrons. The Bertz CT molecular complexity index is 553. The van der Waals surface area contributed by atoms with Crippen LogP contribution >= 0.6 is 31.9 Å². The van der Waals surface area contributed by atoms with Crippen LogP contribution in [0.1, 0.15) is 28.4 Å². The second-order valence-corrected chi connectivity index (χ2v) is 6.62. The number of aliphatic hydroxyl groups excluding tert-OH is 1. The average Bonchev–Trinajstić information content (AvgIpc) is 2.32. The fourth-order valence-electron chi connectivity index (χ4n) is 2.25. The van der Waals surface area contributed by atoms with Crippen molar-refractivity contribution in [2.75, 3.05) is 0 Å². The highest BCUT2D eigenvalue weighted by Gasteiger charge is 2.13. The van der Waals surface area contributed by atoms with E-state index in [2.05, 4.69) is 63.9 Å². The van der Waals surface area contributed by atoms with E-state index in [1.165, 1.54) is 16.7 Å².